The zero-order valence-corrected chi connectivity index (χ0v) is 23.9. The number of hydrogen-bond donors (Lipinski definition) is 2. The molecule has 12 heteroatoms. The predicted octanol–water partition coefficient (Wildman–Crippen LogP) is 5.55. The molecule has 38 heavy (non-hydrogen) atoms. The summed E-state index contributed by atoms with van der Waals surface area (Å²) in [6.07, 6.45) is -0.243. The van der Waals surface area contributed by atoms with Crippen LogP contribution in [0.1, 0.15) is 60.3 Å². The first-order valence-electron chi connectivity index (χ1n) is 11.8. The third-order valence-corrected chi connectivity index (χ3v) is 6.90. The van der Waals surface area contributed by atoms with E-state index in [1.54, 1.807) is 61.9 Å². The van der Waals surface area contributed by atoms with Crippen LogP contribution in [0.2, 0.25) is 10.0 Å². The molecule has 0 saturated carbocycles. The van der Waals surface area contributed by atoms with Gasteiger partial charge in [0.05, 0.1) is 34.0 Å². The number of aromatic nitrogens is 3. The van der Waals surface area contributed by atoms with Gasteiger partial charge in [-0.25, -0.2) is 4.79 Å². The molecule has 0 fully saturated rings. The number of ether oxygens (including phenoxy) is 1. The van der Waals surface area contributed by atoms with Crippen LogP contribution in [0, 0.1) is 5.92 Å². The van der Waals surface area contributed by atoms with E-state index >= 15 is 0 Å². The number of benzene rings is 2. The first-order chi connectivity index (χ1) is 18.0. The maximum Gasteiger partial charge on any atom is 0.338 e. The van der Waals surface area contributed by atoms with Crippen LogP contribution < -0.4 is 10.6 Å². The van der Waals surface area contributed by atoms with Crippen LogP contribution in [-0.2, 0) is 16.6 Å². The maximum absolute atomic E-state index is 12.9. The molecule has 0 saturated heterocycles. The first-order valence-corrected chi connectivity index (χ1v) is 13.6. The van der Waals surface area contributed by atoms with Crippen molar-refractivity contribution >= 4 is 58.4 Å². The van der Waals surface area contributed by atoms with Crippen LogP contribution in [0.4, 0.5) is 5.69 Å². The highest BCUT2D eigenvalue weighted by atomic mass is 35.5. The quantitative estimate of drug-likeness (QED) is 0.240. The van der Waals surface area contributed by atoms with E-state index in [1.165, 1.54) is 17.8 Å². The van der Waals surface area contributed by atoms with Gasteiger partial charge in [0.1, 0.15) is 0 Å². The molecular formula is C26H29Cl2N5O4S. The summed E-state index contributed by atoms with van der Waals surface area (Å²) in [7, 11) is 1.77. The van der Waals surface area contributed by atoms with Crippen molar-refractivity contribution in [3.8, 4) is 0 Å². The summed E-state index contributed by atoms with van der Waals surface area (Å²) in [4.78, 5) is 37.6. The fourth-order valence-electron chi connectivity index (χ4n) is 3.48. The van der Waals surface area contributed by atoms with E-state index in [2.05, 4.69) is 20.8 Å². The van der Waals surface area contributed by atoms with Crippen LogP contribution in [0.25, 0.3) is 0 Å². The summed E-state index contributed by atoms with van der Waals surface area (Å²) in [5.74, 6) is -0.503. The molecule has 2 N–H and O–H groups in total. The van der Waals surface area contributed by atoms with Gasteiger partial charge in [0.25, 0.3) is 5.91 Å². The molecule has 9 nitrogen and oxygen atoms in total. The van der Waals surface area contributed by atoms with Crippen molar-refractivity contribution in [2.24, 2.45) is 13.0 Å². The molecule has 2 amide bonds. The van der Waals surface area contributed by atoms with E-state index in [-0.39, 0.29) is 34.6 Å². The van der Waals surface area contributed by atoms with Crippen LogP contribution >= 0.6 is 35.0 Å². The molecular weight excluding hydrogens is 549 g/mol. The van der Waals surface area contributed by atoms with Crippen LogP contribution in [0.15, 0.2) is 47.6 Å². The number of amides is 2. The zero-order chi connectivity index (χ0) is 28.0. The maximum atomic E-state index is 12.9. The minimum Gasteiger partial charge on any atom is -0.459 e. The van der Waals surface area contributed by atoms with Gasteiger partial charge in [0.2, 0.25) is 5.91 Å². The van der Waals surface area contributed by atoms with Gasteiger partial charge in [-0.15, -0.1) is 10.2 Å². The van der Waals surface area contributed by atoms with Crippen molar-refractivity contribution in [2.75, 3.05) is 11.1 Å². The summed E-state index contributed by atoms with van der Waals surface area (Å²) >= 11 is 13.3. The number of thioether (sulfide) groups is 1. The summed E-state index contributed by atoms with van der Waals surface area (Å²) in [6.45, 7) is 7.44. The van der Waals surface area contributed by atoms with E-state index in [9.17, 15) is 14.4 Å². The molecule has 1 heterocycles. The van der Waals surface area contributed by atoms with E-state index in [0.717, 1.165) is 0 Å². The number of esters is 1. The lowest BCUT2D eigenvalue weighted by Gasteiger charge is -2.22. The number of nitrogens with one attached hydrogen (secondary N) is 2. The monoisotopic (exact) mass is 577 g/mol. The van der Waals surface area contributed by atoms with Crippen molar-refractivity contribution in [3.63, 3.8) is 0 Å². The largest absolute Gasteiger partial charge is 0.459 e. The SMILES string of the molecule is CC(C)OC(=O)c1cccc(NC(=O)CSc2nnc([C@@H](NC(=O)c3ccc(Cl)cc3Cl)C(C)C)n2C)c1. The smallest absolute Gasteiger partial charge is 0.338 e. The molecule has 0 radical (unpaired) electrons. The summed E-state index contributed by atoms with van der Waals surface area (Å²) in [6, 6.07) is 10.8. The van der Waals surface area contributed by atoms with Crippen LogP contribution in [0.3, 0.4) is 0 Å². The normalized spacial score (nSPS) is 11.9. The number of rotatable bonds is 10. The molecule has 2 aromatic carbocycles. The standard InChI is InChI=1S/C26H29Cl2N5O4S/c1-14(2)22(30-24(35)19-10-9-17(27)12-20(19)28)23-31-32-26(33(23)5)38-13-21(34)29-18-8-6-7-16(11-18)25(36)37-15(3)4/h6-12,14-15,22H,13H2,1-5H3,(H,29,34)(H,30,35)/t22-/m0/s1. The second kappa shape index (κ2) is 13.1. The highest BCUT2D eigenvalue weighted by Gasteiger charge is 2.26. The number of carbonyl (C=O) groups excluding carboxylic acids is 3. The van der Waals surface area contributed by atoms with Crippen molar-refractivity contribution < 1.29 is 19.1 Å². The fourth-order valence-corrected chi connectivity index (χ4v) is 4.69. The highest BCUT2D eigenvalue weighted by Crippen LogP contribution is 2.26. The van der Waals surface area contributed by atoms with Gasteiger partial charge < -0.3 is 19.9 Å². The number of carbonyl (C=O) groups is 3. The van der Waals surface area contributed by atoms with Crippen LogP contribution in [-0.4, -0.2) is 44.4 Å². The van der Waals surface area contributed by atoms with Crippen LogP contribution in [0.5, 0.6) is 0 Å². The van der Waals surface area contributed by atoms with Gasteiger partial charge in [-0.1, -0.05) is 54.9 Å². The number of anilines is 1. The number of hydrogen-bond acceptors (Lipinski definition) is 7. The molecule has 0 spiro atoms. The molecule has 0 bridgehead atoms. The molecule has 3 aromatic rings. The Hall–Kier alpha value is -3.08. The molecule has 0 unspecified atom stereocenters. The summed E-state index contributed by atoms with van der Waals surface area (Å²) in [5.41, 5.74) is 1.14. The Balaban J connectivity index is 1.65. The van der Waals surface area contributed by atoms with Crippen molar-refractivity contribution in [2.45, 2.75) is 45.0 Å². The van der Waals surface area contributed by atoms with Gasteiger partial charge in [-0.2, -0.15) is 0 Å². The van der Waals surface area contributed by atoms with Gasteiger partial charge in [-0.3, -0.25) is 9.59 Å². The second-order valence-corrected chi connectivity index (χ2v) is 10.9. The van der Waals surface area contributed by atoms with Gasteiger partial charge in [-0.05, 0) is 56.2 Å². The zero-order valence-electron chi connectivity index (χ0n) is 21.6. The predicted molar refractivity (Wildman–Crippen MR) is 149 cm³/mol. The molecule has 0 aliphatic heterocycles. The average Bonchev–Trinajstić information content (AvgIpc) is 3.20. The summed E-state index contributed by atoms with van der Waals surface area (Å²) in [5, 5.41) is 15.4. The lowest BCUT2D eigenvalue weighted by atomic mass is 10.0. The Kier molecular flexibility index (Phi) is 10.2. The Morgan fingerprint density at radius 3 is 2.45 bits per heavy atom. The van der Waals surface area contributed by atoms with Gasteiger partial charge >= 0.3 is 5.97 Å². The van der Waals surface area contributed by atoms with Gasteiger partial charge in [0, 0.05) is 17.8 Å². The highest BCUT2D eigenvalue weighted by molar-refractivity contribution is 7.99. The third-order valence-electron chi connectivity index (χ3n) is 5.33. The minimum absolute atomic E-state index is 0.0104. The lowest BCUT2D eigenvalue weighted by molar-refractivity contribution is -0.113. The van der Waals surface area contributed by atoms with E-state index in [0.29, 0.717) is 32.8 Å². The Labute approximate surface area is 235 Å². The fraction of sp³-hybridized carbons (Fsp3) is 0.346. The Bertz CT molecular complexity index is 1330. The van der Waals surface area contributed by atoms with E-state index < -0.39 is 12.0 Å². The Morgan fingerprint density at radius 1 is 1.05 bits per heavy atom. The molecule has 0 aliphatic carbocycles. The molecule has 1 atom stereocenters. The molecule has 1 aromatic heterocycles. The van der Waals surface area contributed by atoms with Gasteiger partial charge in [0.15, 0.2) is 11.0 Å². The third kappa shape index (κ3) is 7.72. The minimum atomic E-state index is -0.456. The molecule has 202 valence electrons. The lowest BCUT2D eigenvalue weighted by Crippen LogP contribution is -2.33. The second-order valence-electron chi connectivity index (χ2n) is 9.09. The topological polar surface area (TPSA) is 115 Å². The summed E-state index contributed by atoms with van der Waals surface area (Å²) < 4.78 is 6.95. The van der Waals surface area contributed by atoms with Crippen molar-refractivity contribution in [1.82, 2.24) is 20.1 Å². The van der Waals surface area contributed by atoms with Crippen molar-refractivity contribution in [1.29, 1.82) is 0 Å². The number of nitrogens with zero attached hydrogens (tertiary/aromatic N) is 3. The van der Waals surface area contributed by atoms with Crippen molar-refractivity contribution in [3.05, 3.63) is 69.5 Å². The molecule has 3 rings (SSSR count). The Morgan fingerprint density at radius 2 is 1.79 bits per heavy atom. The van der Waals surface area contributed by atoms with E-state index in [4.69, 9.17) is 27.9 Å². The number of halogens is 2. The average molecular weight is 579 g/mol. The molecule has 0 aliphatic rings. The van der Waals surface area contributed by atoms with E-state index in [1.807, 2.05) is 13.8 Å². The first kappa shape index (κ1) is 29.5.